The van der Waals surface area contributed by atoms with Crippen LogP contribution in [-0.2, 0) is 0 Å². The van der Waals surface area contributed by atoms with Gasteiger partial charge in [0, 0.05) is 11.2 Å². The Bertz CT molecular complexity index is 508. The van der Waals surface area contributed by atoms with Gasteiger partial charge in [-0.15, -0.1) is 0 Å². The summed E-state index contributed by atoms with van der Waals surface area (Å²) in [6.07, 6.45) is 1.68. The predicted molar refractivity (Wildman–Crippen MR) is 79.3 cm³/mol. The Labute approximate surface area is 119 Å². The number of urea groups is 1. The fourth-order valence-electron chi connectivity index (χ4n) is 1.79. The van der Waals surface area contributed by atoms with E-state index in [9.17, 15) is 9.59 Å². The summed E-state index contributed by atoms with van der Waals surface area (Å²) in [5, 5.41) is 14.6. The highest BCUT2D eigenvalue weighted by Gasteiger charge is 2.22. The highest BCUT2D eigenvalue weighted by molar-refractivity contribution is 5.92. The quantitative estimate of drug-likeness (QED) is 0.772. The van der Waals surface area contributed by atoms with Crippen LogP contribution >= 0.6 is 0 Å². The lowest BCUT2D eigenvalue weighted by atomic mass is 9.96. The van der Waals surface area contributed by atoms with E-state index >= 15 is 0 Å². The molecule has 3 N–H and O–H groups in total. The molecule has 0 aliphatic carbocycles. The van der Waals surface area contributed by atoms with Crippen molar-refractivity contribution in [1.82, 2.24) is 5.32 Å². The average Bonchev–Trinajstić information content (AvgIpc) is 2.40. The summed E-state index contributed by atoms with van der Waals surface area (Å²) in [4.78, 5) is 22.8. The summed E-state index contributed by atoms with van der Waals surface area (Å²) in [7, 11) is 0. The molecule has 0 bridgehead atoms. The second-order valence-electron chi connectivity index (χ2n) is 5.18. The first-order chi connectivity index (χ1) is 9.31. The molecule has 0 saturated heterocycles. The molecule has 2 amide bonds. The number of carbonyl (C=O) groups is 2. The van der Waals surface area contributed by atoms with Crippen molar-refractivity contribution in [2.45, 2.75) is 46.1 Å². The molecular weight excluding hydrogens is 256 g/mol. The monoisotopic (exact) mass is 278 g/mol. The van der Waals surface area contributed by atoms with Crippen LogP contribution in [0.5, 0.6) is 0 Å². The molecule has 0 radical (unpaired) electrons. The molecule has 0 unspecified atom stereocenters. The maximum Gasteiger partial charge on any atom is 0.335 e. The number of hydrogen-bond donors (Lipinski definition) is 3. The number of rotatable bonds is 5. The first-order valence-electron chi connectivity index (χ1n) is 6.74. The van der Waals surface area contributed by atoms with Gasteiger partial charge < -0.3 is 15.7 Å². The average molecular weight is 278 g/mol. The molecule has 0 heterocycles. The van der Waals surface area contributed by atoms with Gasteiger partial charge in [0.2, 0.25) is 0 Å². The van der Waals surface area contributed by atoms with Crippen LogP contribution in [-0.4, -0.2) is 22.6 Å². The van der Waals surface area contributed by atoms with E-state index in [0.717, 1.165) is 18.4 Å². The Morgan fingerprint density at radius 2 is 1.85 bits per heavy atom. The number of aryl methyl sites for hydroxylation is 1. The molecule has 0 aliphatic heterocycles. The van der Waals surface area contributed by atoms with Crippen molar-refractivity contribution in [3.8, 4) is 0 Å². The van der Waals surface area contributed by atoms with Gasteiger partial charge >= 0.3 is 12.0 Å². The lowest BCUT2D eigenvalue weighted by Crippen LogP contribution is -2.47. The maximum absolute atomic E-state index is 12.0. The molecule has 1 aromatic rings. The number of anilines is 1. The van der Waals surface area contributed by atoms with E-state index in [1.165, 1.54) is 12.1 Å². The molecule has 0 saturated carbocycles. The molecule has 5 heteroatoms. The highest BCUT2D eigenvalue weighted by Crippen LogP contribution is 2.18. The Hall–Kier alpha value is -2.04. The molecule has 0 spiro atoms. The van der Waals surface area contributed by atoms with Crippen molar-refractivity contribution in [1.29, 1.82) is 0 Å². The third-order valence-corrected chi connectivity index (χ3v) is 3.70. The van der Waals surface area contributed by atoms with E-state index in [2.05, 4.69) is 10.6 Å². The lowest BCUT2D eigenvalue weighted by Gasteiger charge is -2.28. The van der Waals surface area contributed by atoms with Crippen molar-refractivity contribution in [2.75, 3.05) is 5.32 Å². The molecule has 0 aromatic heterocycles. The molecule has 1 aromatic carbocycles. The number of nitrogens with one attached hydrogen (secondary N) is 2. The second-order valence-corrected chi connectivity index (χ2v) is 5.18. The van der Waals surface area contributed by atoms with Gasteiger partial charge in [-0.25, -0.2) is 9.59 Å². The number of carboxylic acid groups (broad SMARTS) is 1. The Kier molecular flexibility index (Phi) is 5.13. The van der Waals surface area contributed by atoms with Crippen LogP contribution in [0.3, 0.4) is 0 Å². The zero-order chi connectivity index (χ0) is 15.3. The van der Waals surface area contributed by atoms with Crippen molar-refractivity contribution >= 4 is 17.7 Å². The third kappa shape index (κ3) is 3.98. The summed E-state index contributed by atoms with van der Waals surface area (Å²) < 4.78 is 0. The van der Waals surface area contributed by atoms with E-state index in [0.29, 0.717) is 5.69 Å². The topological polar surface area (TPSA) is 78.4 Å². The first-order valence-corrected chi connectivity index (χ1v) is 6.74. The van der Waals surface area contributed by atoms with Crippen molar-refractivity contribution in [3.63, 3.8) is 0 Å². The molecule has 5 nitrogen and oxygen atoms in total. The van der Waals surface area contributed by atoms with Crippen LogP contribution in [0, 0.1) is 6.92 Å². The summed E-state index contributed by atoms with van der Waals surface area (Å²) >= 11 is 0. The van der Waals surface area contributed by atoms with Crippen molar-refractivity contribution in [2.24, 2.45) is 0 Å². The Balaban J connectivity index is 2.79. The van der Waals surface area contributed by atoms with Crippen molar-refractivity contribution in [3.05, 3.63) is 29.3 Å². The fraction of sp³-hybridized carbons (Fsp3) is 0.467. The minimum atomic E-state index is -0.978. The number of amides is 2. The summed E-state index contributed by atoms with van der Waals surface area (Å²) in [6.45, 7) is 7.81. The van der Waals surface area contributed by atoms with Crippen LogP contribution in [0.4, 0.5) is 10.5 Å². The minimum absolute atomic E-state index is 0.209. The third-order valence-electron chi connectivity index (χ3n) is 3.70. The van der Waals surface area contributed by atoms with Gasteiger partial charge in [-0.1, -0.05) is 13.8 Å². The van der Waals surface area contributed by atoms with Crippen LogP contribution in [0.25, 0.3) is 0 Å². The lowest BCUT2D eigenvalue weighted by molar-refractivity contribution is 0.0697. The molecule has 1 rings (SSSR count). The van der Waals surface area contributed by atoms with Crippen molar-refractivity contribution < 1.29 is 14.7 Å². The number of carbonyl (C=O) groups excluding carboxylic acids is 1. The maximum atomic E-state index is 12.0. The van der Waals surface area contributed by atoms with Crippen LogP contribution in [0.1, 0.15) is 49.5 Å². The van der Waals surface area contributed by atoms with Gasteiger partial charge in [0.05, 0.1) is 5.56 Å². The highest BCUT2D eigenvalue weighted by atomic mass is 16.4. The number of hydrogen-bond acceptors (Lipinski definition) is 2. The Morgan fingerprint density at radius 1 is 1.25 bits per heavy atom. The molecule has 110 valence electrons. The molecule has 0 aliphatic rings. The normalized spacial score (nSPS) is 11.0. The zero-order valence-electron chi connectivity index (χ0n) is 12.4. The van der Waals surface area contributed by atoms with Crippen LogP contribution in [0.15, 0.2) is 18.2 Å². The molecule has 0 atom stereocenters. The summed E-state index contributed by atoms with van der Waals surface area (Å²) in [6, 6.07) is 4.34. The van der Waals surface area contributed by atoms with Gasteiger partial charge in [0.1, 0.15) is 0 Å². The first kappa shape index (κ1) is 16.0. The largest absolute Gasteiger partial charge is 0.478 e. The fourth-order valence-corrected chi connectivity index (χ4v) is 1.79. The number of aromatic carboxylic acids is 1. The van der Waals surface area contributed by atoms with E-state index < -0.39 is 5.97 Å². The second kappa shape index (κ2) is 6.41. The van der Waals surface area contributed by atoms with Gasteiger partial charge in [-0.05, 0) is 50.5 Å². The Morgan fingerprint density at radius 3 is 2.30 bits per heavy atom. The predicted octanol–water partition coefficient (Wildman–Crippen LogP) is 3.39. The van der Waals surface area contributed by atoms with Gasteiger partial charge in [-0.3, -0.25) is 0 Å². The van der Waals surface area contributed by atoms with Crippen LogP contribution in [0.2, 0.25) is 0 Å². The standard InChI is InChI=1S/C15H22N2O3/c1-5-15(4,6-2)17-14(20)16-12-8-7-11(13(18)19)9-10(12)3/h7-9H,5-6H2,1-4H3,(H,18,19)(H2,16,17,20). The van der Waals surface area contributed by atoms with E-state index in [1.54, 1.807) is 13.0 Å². The molecule has 20 heavy (non-hydrogen) atoms. The van der Waals surface area contributed by atoms with E-state index in [4.69, 9.17) is 5.11 Å². The van der Waals surface area contributed by atoms with E-state index in [-0.39, 0.29) is 17.1 Å². The summed E-state index contributed by atoms with van der Waals surface area (Å²) in [5.74, 6) is -0.978. The molecule has 0 fully saturated rings. The minimum Gasteiger partial charge on any atom is -0.478 e. The van der Waals surface area contributed by atoms with Gasteiger partial charge in [-0.2, -0.15) is 0 Å². The SMILES string of the molecule is CCC(C)(CC)NC(=O)Nc1ccc(C(=O)O)cc1C. The smallest absolute Gasteiger partial charge is 0.335 e. The number of benzene rings is 1. The van der Waals surface area contributed by atoms with Crippen LogP contribution < -0.4 is 10.6 Å². The molecular formula is C15H22N2O3. The summed E-state index contributed by atoms with van der Waals surface area (Å²) in [5.41, 5.74) is 1.30. The van der Waals surface area contributed by atoms with Gasteiger partial charge in [0.15, 0.2) is 0 Å². The van der Waals surface area contributed by atoms with E-state index in [1.807, 2.05) is 20.8 Å². The number of carboxylic acids is 1. The zero-order valence-corrected chi connectivity index (χ0v) is 12.4. The van der Waals surface area contributed by atoms with Gasteiger partial charge in [0.25, 0.3) is 0 Å².